The molecule has 1 aromatic heterocycles. The van der Waals surface area contributed by atoms with Crippen LogP contribution in [-0.2, 0) is 11.8 Å². The van der Waals surface area contributed by atoms with E-state index in [-0.39, 0.29) is 23.4 Å². The smallest absolute Gasteiger partial charge is 0.261 e. The van der Waals surface area contributed by atoms with E-state index in [0.29, 0.717) is 41.3 Å². The topological polar surface area (TPSA) is 81.2 Å². The van der Waals surface area contributed by atoms with Gasteiger partial charge in [0, 0.05) is 25.0 Å². The van der Waals surface area contributed by atoms with Gasteiger partial charge in [-0.15, -0.1) is 0 Å². The molecule has 0 unspecified atom stereocenters. The van der Waals surface area contributed by atoms with Crippen molar-refractivity contribution in [1.29, 1.82) is 0 Å². The van der Waals surface area contributed by atoms with Crippen LogP contribution in [0.2, 0.25) is 5.02 Å². The molecular formula is C22H33ClN4O2. The molecule has 1 heterocycles. The number of fused-ring (bicyclic) bond motifs is 1. The molecule has 0 bridgehead atoms. The summed E-state index contributed by atoms with van der Waals surface area (Å²) in [7, 11) is 1.71. The summed E-state index contributed by atoms with van der Waals surface area (Å²) in [5.41, 5.74) is 6.00. The average Bonchev–Trinajstić information content (AvgIpc) is 2.66. The number of rotatable bonds is 10. The largest absolute Gasteiger partial charge is 0.333 e. The molecule has 0 spiro atoms. The lowest BCUT2D eigenvalue weighted by Crippen LogP contribution is -2.38. The van der Waals surface area contributed by atoms with Gasteiger partial charge in [0.1, 0.15) is 5.82 Å². The van der Waals surface area contributed by atoms with Gasteiger partial charge in [0.05, 0.1) is 16.9 Å². The number of halogens is 1. The molecule has 0 fully saturated rings. The fourth-order valence-corrected chi connectivity index (χ4v) is 3.72. The van der Waals surface area contributed by atoms with E-state index < -0.39 is 0 Å². The number of carbonyl (C=O) groups excluding carboxylic acids is 1. The van der Waals surface area contributed by atoms with Crippen LogP contribution in [0.1, 0.15) is 64.7 Å². The molecule has 0 saturated carbocycles. The lowest BCUT2D eigenvalue weighted by Gasteiger charge is -2.30. The van der Waals surface area contributed by atoms with Crippen molar-refractivity contribution in [2.45, 2.75) is 58.9 Å². The Bertz CT molecular complexity index is 894. The maximum Gasteiger partial charge on any atom is 0.261 e. The van der Waals surface area contributed by atoms with Crippen LogP contribution < -0.4 is 11.3 Å². The summed E-state index contributed by atoms with van der Waals surface area (Å²) < 4.78 is 1.55. The molecule has 1 atom stereocenters. The first kappa shape index (κ1) is 23.4. The van der Waals surface area contributed by atoms with Crippen molar-refractivity contribution < 1.29 is 4.79 Å². The van der Waals surface area contributed by atoms with Gasteiger partial charge in [-0.1, -0.05) is 38.3 Å². The van der Waals surface area contributed by atoms with E-state index >= 15 is 0 Å². The van der Waals surface area contributed by atoms with E-state index in [0.717, 1.165) is 25.7 Å². The van der Waals surface area contributed by atoms with E-state index in [1.165, 1.54) is 0 Å². The molecule has 6 nitrogen and oxygen atoms in total. The number of carbonyl (C=O) groups is 1. The van der Waals surface area contributed by atoms with Crippen LogP contribution in [0.25, 0.3) is 10.9 Å². The van der Waals surface area contributed by atoms with E-state index in [9.17, 15) is 9.59 Å². The Morgan fingerprint density at radius 3 is 2.55 bits per heavy atom. The minimum Gasteiger partial charge on any atom is -0.333 e. The Hall–Kier alpha value is -1.92. The van der Waals surface area contributed by atoms with Crippen LogP contribution in [0.15, 0.2) is 23.0 Å². The lowest BCUT2D eigenvalue weighted by atomic mass is 10.1. The number of hydrogen-bond acceptors (Lipinski definition) is 4. The number of unbranched alkanes of at least 4 members (excludes halogenated alkanes) is 3. The lowest BCUT2D eigenvalue weighted by molar-refractivity contribution is -0.134. The number of aromatic nitrogens is 2. The molecule has 2 aromatic rings. The fourth-order valence-electron chi connectivity index (χ4n) is 3.56. The third-order valence-corrected chi connectivity index (χ3v) is 5.41. The Morgan fingerprint density at radius 2 is 1.90 bits per heavy atom. The average molecular weight is 421 g/mol. The molecule has 1 amide bonds. The number of nitrogens with two attached hydrogens (primary N) is 1. The van der Waals surface area contributed by atoms with Crippen molar-refractivity contribution in [3.8, 4) is 0 Å². The Labute approximate surface area is 178 Å². The van der Waals surface area contributed by atoms with E-state index in [1.807, 2.05) is 25.7 Å². The van der Waals surface area contributed by atoms with Crippen LogP contribution in [0.5, 0.6) is 0 Å². The SMILES string of the molecule is CC(C)CC(=O)N(CCCCCCN)[C@H](C)c1nc2cc(Cl)ccc2c(=O)n1C. The molecule has 0 saturated heterocycles. The van der Waals surface area contributed by atoms with Gasteiger partial charge in [-0.2, -0.15) is 0 Å². The van der Waals surface area contributed by atoms with E-state index in [2.05, 4.69) is 0 Å². The van der Waals surface area contributed by atoms with Crippen LogP contribution >= 0.6 is 11.6 Å². The maximum absolute atomic E-state index is 13.0. The molecule has 1 aromatic carbocycles. The normalized spacial score (nSPS) is 12.5. The second-order valence-electron chi connectivity index (χ2n) is 8.06. The molecular weight excluding hydrogens is 388 g/mol. The Kier molecular flexibility index (Phi) is 8.65. The molecule has 7 heteroatoms. The highest BCUT2D eigenvalue weighted by Crippen LogP contribution is 2.23. The molecule has 0 aliphatic carbocycles. The quantitative estimate of drug-likeness (QED) is 0.588. The molecule has 0 aliphatic heterocycles. The molecule has 160 valence electrons. The minimum absolute atomic E-state index is 0.0896. The highest BCUT2D eigenvalue weighted by molar-refractivity contribution is 6.31. The van der Waals surface area contributed by atoms with Gasteiger partial charge in [-0.25, -0.2) is 4.98 Å². The molecule has 2 N–H and O–H groups in total. The van der Waals surface area contributed by atoms with Gasteiger partial charge in [-0.05, 0) is 50.4 Å². The zero-order chi connectivity index (χ0) is 21.6. The molecule has 2 rings (SSSR count). The van der Waals surface area contributed by atoms with Gasteiger partial charge in [0.25, 0.3) is 5.56 Å². The van der Waals surface area contributed by atoms with Crippen molar-refractivity contribution in [3.05, 3.63) is 39.4 Å². The fraction of sp³-hybridized carbons (Fsp3) is 0.591. The Balaban J connectivity index is 2.35. The number of benzene rings is 1. The van der Waals surface area contributed by atoms with Crippen molar-refractivity contribution in [3.63, 3.8) is 0 Å². The van der Waals surface area contributed by atoms with E-state index in [4.69, 9.17) is 22.3 Å². The van der Waals surface area contributed by atoms with Crippen LogP contribution in [0.4, 0.5) is 0 Å². The summed E-state index contributed by atoms with van der Waals surface area (Å²) >= 11 is 6.10. The van der Waals surface area contributed by atoms with Crippen molar-refractivity contribution >= 4 is 28.4 Å². The first-order valence-electron chi connectivity index (χ1n) is 10.4. The van der Waals surface area contributed by atoms with Gasteiger partial charge in [0.15, 0.2) is 0 Å². The van der Waals surface area contributed by atoms with Crippen LogP contribution in [0, 0.1) is 5.92 Å². The molecule has 0 radical (unpaired) electrons. The summed E-state index contributed by atoms with van der Waals surface area (Å²) in [4.78, 5) is 32.4. The maximum atomic E-state index is 13.0. The first-order chi connectivity index (χ1) is 13.8. The Morgan fingerprint density at radius 1 is 1.21 bits per heavy atom. The summed E-state index contributed by atoms with van der Waals surface area (Å²) in [6.07, 6.45) is 4.45. The van der Waals surface area contributed by atoms with Crippen molar-refractivity contribution in [2.24, 2.45) is 18.7 Å². The predicted octanol–water partition coefficient (Wildman–Crippen LogP) is 4.04. The first-order valence-corrected chi connectivity index (χ1v) is 10.8. The zero-order valence-electron chi connectivity index (χ0n) is 17.9. The van der Waals surface area contributed by atoms with Crippen LogP contribution in [0.3, 0.4) is 0 Å². The molecule has 0 aliphatic rings. The van der Waals surface area contributed by atoms with Gasteiger partial charge < -0.3 is 10.6 Å². The number of amides is 1. The highest BCUT2D eigenvalue weighted by Gasteiger charge is 2.25. The van der Waals surface area contributed by atoms with E-state index in [1.54, 1.807) is 29.8 Å². The van der Waals surface area contributed by atoms with Gasteiger partial charge in [0.2, 0.25) is 5.91 Å². The summed E-state index contributed by atoms with van der Waals surface area (Å²) in [5, 5.41) is 1.05. The van der Waals surface area contributed by atoms with Gasteiger partial charge in [-0.3, -0.25) is 14.2 Å². The third-order valence-electron chi connectivity index (χ3n) is 5.17. The molecule has 29 heavy (non-hydrogen) atoms. The minimum atomic E-state index is -0.308. The monoisotopic (exact) mass is 420 g/mol. The summed E-state index contributed by atoms with van der Waals surface area (Å²) in [6.45, 7) is 7.34. The predicted molar refractivity (Wildman–Crippen MR) is 119 cm³/mol. The number of nitrogens with zero attached hydrogens (tertiary/aromatic N) is 3. The zero-order valence-corrected chi connectivity index (χ0v) is 18.7. The van der Waals surface area contributed by atoms with Crippen LogP contribution in [-0.4, -0.2) is 33.4 Å². The summed E-state index contributed by atoms with van der Waals surface area (Å²) in [5.74, 6) is 0.928. The van der Waals surface area contributed by atoms with Gasteiger partial charge >= 0.3 is 0 Å². The second kappa shape index (κ2) is 10.7. The second-order valence-corrected chi connectivity index (χ2v) is 8.50. The standard InChI is InChI=1S/C22H33ClN4O2/c1-15(2)13-20(28)27(12-8-6-5-7-11-24)16(3)21-25-19-14-17(23)9-10-18(19)22(29)26(21)4/h9-10,14-16H,5-8,11-13,24H2,1-4H3/t16-/m1/s1. The van der Waals surface area contributed by atoms with Crippen molar-refractivity contribution in [2.75, 3.05) is 13.1 Å². The highest BCUT2D eigenvalue weighted by atomic mass is 35.5. The number of hydrogen-bond donors (Lipinski definition) is 1. The summed E-state index contributed by atoms with van der Waals surface area (Å²) in [6, 6.07) is 4.77. The van der Waals surface area contributed by atoms with Crippen molar-refractivity contribution in [1.82, 2.24) is 14.5 Å². The third kappa shape index (κ3) is 6.03.